The second kappa shape index (κ2) is 11.8. The maximum Gasteiger partial charge on any atom is 0.362 e. The Morgan fingerprint density at radius 2 is 1.69 bits per heavy atom. The molecule has 0 radical (unpaired) electrons. The number of halogens is 2. The molecule has 13 heteroatoms. The van der Waals surface area contributed by atoms with Gasteiger partial charge in [-0.1, -0.05) is 53.9 Å². The predicted molar refractivity (Wildman–Crippen MR) is 148 cm³/mol. The van der Waals surface area contributed by atoms with E-state index < -0.39 is 49.8 Å². The summed E-state index contributed by atoms with van der Waals surface area (Å²) >= 11 is 2.05. The molecule has 39 heavy (non-hydrogen) atoms. The van der Waals surface area contributed by atoms with Gasteiger partial charge in [-0.25, -0.2) is 9.69 Å². The summed E-state index contributed by atoms with van der Waals surface area (Å²) in [5.74, 6) is -2.44. The summed E-state index contributed by atoms with van der Waals surface area (Å²) in [7, 11) is -4.39. The van der Waals surface area contributed by atoms with Gasteiger partial charge in [-0.05, 0) is 70.1 Å². The van der Waals surface area contributed by atoms with E-state index in [1.807, 2.05) is 22.6 Å². The number of nitrogens with zero attached hydrogens (tertiary/aromatic N) is 2. The predicted octanol–water partition coefficient (Wildman–Crippen LogP) is 4.49. The molecule has 0 aromatic heterocycles. The molecular formula is C26H24FIN3O7P. The van der Waals surface area contributed by atoms with Crippen LogP contribution in [0, 0.1) is 3.57 Å². The number of hydrogen-bond acceptors (Lipinski definition) is 5. The van der Waals surface area contributed by atoms with Crippen molar-refractivity contribution in [3.63, 3.8) is 0 Å². The van der Waals surface area contributed by atoms with Gasteiger partial charge >= 0.3 is 13.6 Å². The van der Waals surface area contributed by atoms with Crippen molar-refractivity contribution in [1.29, 1.82) is 0 Å². The number of anilines is 1. The smallest absolute Gasteiger partial charge is 0.362 e. The molecule has 3 aromatic rings. The minimum Gasteiger partial charge on any atom is -0.481 e. The molecule has 204 valence electrons. The molecule has 1 unspecified atom stereocenters. The van der Waals surface area contributed by atoms with Gasteiger partial charge in [0.1, 0.15) is 17.8 Å². The Morgan fingerprint density at radius 3 is 2.28 bits per heavy atom. The Morgan fingerprint density at radius 1 is 1.08 bits per heavy atom. The Balaban J connectivity index is 1.64. The maximum atomic E-state index is 15.5. The minimum atomic E-state index is -4.39. The molecule has 3 aromatic carbocycles. The van der Waals surface area contributed by atoms with Crippen molar-refractivity contribution in [2.45, 2.75) is 24.9 Å². The molecule has 1 saturated heterocycles. The molecule has 0 spiro atoms. The molecule has 1 heterocycles. The zero-order valence-corrected chi connectivity index (χ0v) is 23.5. The molecule has 10 nitrogen and oxygen atoms in total. The highest BCUT2D eigenvalue weighted by Crippen LogP contribution is 2.36. The van der Waals surface area contributed by atoms with E-state index in [9.17, 15) is 18.9 Å². The summed E-state index contributed by atoms with van der Waals surface area (Å²) in [6, 6.07) is 17.0. The topological polar surface area (TPSA) is 136 Å². The molecule has 3 atom stereocenters. The van der Waals surface area contributed by atoms with E-state index in [0.717, 1.165) is 8.47 Å². The highest BCUT2D eigenvalue weighted by atomic mass is 127. The standard InChI is InChI=1S/C26H24FIN3O7P/c1-16(17-5-3-2-4-6-17)23(25(33)31(27)20-11-9-19(28)10-12-20)30-24(32)22(29-26(30)34)18-7-13-21(14-8-18)38-15-39(35,36)37/h2-14,16,22-23H,15H2,1H3,(H,29,34)(H2,35,36,37)/t16-,22?,23-/m0/s1. The quantitative estimate of drug-likeness (QED) is 0.133. The van der Waals surface area contributed by atoms with Gasteiger partial charge in [0, 0.05) is 9.49 Å². The maximum absolute atomic E-state index is 15.5. The SMILES string of the molecule is C[C@@H](c1ccccc1)[C@@H](C(=O)N(F)c1ccc(I)cc1)N1C(=O)NC(c2ccc(OCP(=O)(O)O)cc2)C1=O. The van der Waals surface area contributed by atoms with Crippen LogP contribution in [0.5, 0.6) is 5.75 Å². The molecule has 1 aliphatic heterocycles. The minimum absolute atomic E-state index is 0.0415. The van der Waals surface area contributed by atoms with Crippen LogP contribution < -0.4 is 15.2 Å². The molecule has 1 fully saturated rings. The lowest BCUT2D eigenvalue weighted by molar-refractivity contribution is -0.136. The molecular weight excluding hydrogens is 643 g/mol. The van der Waals surface area contributed by atoms with Crippen molar-refractivity contribution < 1.29 is 38.0 Å². The Labute approximate surface area is 237 Å². The van der Waals surface area contributed by atoms with Gasteiger partial charge in [-0.2, -0.15) is 0 Å². The third-order valence-corrected chi connectivity index (χ3v) is 7.35. The Bertz CT molecular complexity index is 1400. The molecule has 4 rings (SSSR count). The second-order valence-corrected chi connectivity index (χ2v) is 11.7. The van der Waals surface area contributed by atoms with Crippen molar-refractivity contribution in [1.82, 2.24) is 10.2 Å². The monoisotopic (exact) mass is 667 g/mol. The van der Waals surface area contributed by atoms with Crippen LogP contribution in [0.25, 0.3) is 0 Å². The van der Waals surface area contributed by atoms with Gasteiger partial charge in [0.2, 0.25) is 0 Å². The summed E-state index contributed by atoms with van der Waals surface area (Å²) < 4.78 is 32.4. The van der Waals surface area contributed by atoms with E-state index in [-0.39, 0.29) is 16.6 Å². The van der Waals surface area contributed by atoms with Gasteiger partial charge in [0.05, 0.1) is 5.69 Å². The number of hydrogen-bond donors (Lipinski definition) is 3. The van der Waals surface area contributed by atoms with E-state index in [2.05, 4.69) is 5.32 Å². The van der Waals surface area contributed by atoms with Crippen LogP contribution in [0.1, 0.15) is 30.0 Å². The Kier molecular flexibility index (Phi) is 8.70. The van der Waals surface area contributed by atoms with E-state index in [0.29, 0.717) is 11.1 Å². The van der Waals surface area contributed by atoms with Gasteiger partial charge in [0.25, 0.3) is 11.8 Å². The number of ether oxygens (including phenoxy) is 1. The normalized spacial score (nSPS) is 16.9. The van der Waals surface area contributed by atoms with Crippen LogP contribution >= 0.6 is 30.2 Å². The van der Waals surface area contributed by atoms with Crippen LogP contribution in [0.3, 0.4) is 0 Å². The zero-order chi connectivity index (χ0) is 28.3. The van der Waals surface area contributed by atoms with E-state index in [4.69, 9.17) is 14.5 Å². The number of urea groups is 1. The summed E-state index contributed by atoms with van der Waals surface area (Å²) in [4.78, 5) is 58.9. The summed E-state index contributed by atoms with van der Waals surface area (Å²) in [5, 5.41) is 2.50. The molecule has 0 bridgehead atoms. The van der Waals surface area contributed by atoms with Crippen LogP contribution in [0.2, 0.25) is 0 Å². The first-order valence-electron chi connectivity index (χ1n) is 11.7. The van der Waals surface area contributed by atoms with Crippen molar-refractivity contribution in [3.8, 4) is 5.75 Å². The lowest BCUT2D eigenvalue weighted by Crippen LogP contribution is -2.52. The highest BCUT2D eigenvalue weighted by Gasteiger charge is 2.49. The Hall–Kier alpha value is -3.32. The fourth-order valence-electron chi connectivity index (χ4n) is 4.20. The molecule has 0 aliphatic carbocycles. The number of carbonyl (C=O) groups excluding carboxylic acids is 3. The zero-order valence-electron chi connectivity index (χ0n) is 20.5. The first kappa shape index (κ1) is 28.7. The number of carbonyl (C=O) groups is 3. The number of rotatable bonds is 9. The molecule has 1 aliphatic rings. The largest absolute Gasteiger partial charge is 0.481 e. The fraction of sp³-hybridized carbons (Fsp3) is 0.192. The molecule has 4 amide bonds. The van der Waals surface area contributed by atoms with Crippen molar-refractivity contribution in [2.24, 2.45) is 0 Å². The van der Waals surface area contributed by atoms with Crippen LogP contribution in [-0.4, -0.2) is 44.9 Å². The number of amides is 4. The average molecular weight is 667 g/mol. The van der Waals surface area contributed by atoms with E-state index >= 15 is 4.48 Å². The van der Waals surface area contributed by atoms with Crippen molar-refractivity contribution in [3.05, 3.63) is 93.6 Å². The lowest BCUT2D eigenvalue weighted by atomic mass is 9.91. The van der Waals surface area contributed by atoms with Crippen LogP contribution in [-0.2, 0) is 14.2 Å². The van der Waals surface area contributed by atoms with Gasteiger partial charge in [-0.15, -0.1) is 5.12 Å². The number of nitrogens with one attached hydrogen (secondary N) is 1. The van der Waals surface area contributed by atoms with Crippen LogP contribution in [0.15, 0.2) is 78.9 Å². The van der Waals surface area contributed by atoms with Crippen molar-refractivity contribution in [2.75, 3.05) is 11.5 Å². The van der Waals surface area contributed by atoms with Gasteiger partial charge in [-0.3, -0.25) is 14.2 Å². The summed E-state index contributed by atoms with van der Waals surface area (Å²) in [6.07, 6.45) is -0.819. The van der Waals surface area contributed by atoms with E-state index in [1.165, 1.54) is 36.4 Å². The number of benzene rings is 3. The first-order valence-corrected chi connectivity index (χ1v) is 14.5. The van der Waals surface area contributed by atoms with Gasteiger partial charge in [0.15, 0.2) is 6.35 Å². The fourth-order valence-corrected chi connectivity index (χ4v) is 4.88. The third kappa shape index (κ3) is 6.64. The van der Waals surface area contributed by atoms with Crippen LogP contribution in [0.4, 0.5) is 15.0 Å². The van der Waals surface area contributed by atoms with E-state index in [1.54, 1.807) is 49.4 Å². The average Bonchev–Trinajstić information content (AvgIpc) is 3.21. The molecule has 0 saturated carbocycles. The number of imide groups is 1. The third-order valence-electron chi connectivity index (χ3n) is 6.16. The van der Waals surface area contributed by atoms with Gasteiger partial charge < -0.3 is 19.8 Å². The summed E-state index contributed by atoms with van der Waals surface area (Å²) in [5.41, 5.74) is 0.926. The highest BCUT2D eigenvalue weighted by molar-refractivity contribution is 14.1. The summed E-state index contributed by atoms with van der Waals surface area (Å²) in [6.45, 7) is 1.64. The molecule has 3 N–H and O–H groups in total. The lowest BCUT2D eigenvalue weighted by Gasteiger charge is -2.31. The second-order valence-electron chi connectivity index (χ2n) is 8.84. The first-order chi connectivity index (χ1) is 18.5. The van der Waals surface area contributed by atoms with Crippen molar-refractivity contribution >= 4 is 53.7 Å².